The maximum atomic E-state index is 12.9. The number of urea groups is 1. The van der Waals surface area contributed by atoms with Crippen molar-refractivity contribution in [2.75, 3.05) is 14.1 Å². The number of imide groups is 1. The molecule has 0 bridgehead atoms. The summed E-state index contributed by atoms with van der Waals surface area (Å²) in [6.07, 6.45) is 9.28. The highest BCUT2D eigenvalue weighted by Gasteiger charge is 2.49. The molecule has 1 aliphatic carbocycles. The topological polar surface area (TPSA) is 78.0 Å². The first-order valence-corrected chi connectivity index (χ1v) is 10.7. The van der Waals surface area contributed by atoms with E-state index in [4.69, 9.17) is 9.98 Å². The van der Waals surface area contributed by atoms with E-state index in [2.05, 4.69) is 4.98 Å². The molecule has 1 unspecified atom stereocenters. The Labute approximate surface area is 168 Å². The second-order valence-electron chi connectivity index (χ2n) is 7.43. The molecule has 7 nitrogen and oxygen atoms in total. The summed E-state index contributed by atoms with van der Waals surface area (Å²) in [6, 6.07) is 3.56. The van der Waals surface area contributed by atoms with Crippen LogP contribution in [0.15, 0.2) is 34.5 Å². The summed E-state index contributed by atoms with van der Waals surface area (Å²) >= 11 is 1.54. The Morgan fingerprint density at radius 3 is 2.71 bits per heavy atom. The molecule has 2 aliphatic heterocycles. The zero-order chi connectivity index (χ0) is 19.7. The quantitative estimate of drug-likeness (QED) is 0.734. The van der Waals surface area contributed by atoms with Gasteiger partial charge in [0.15, 0.2) is 5.92 Å². The molecular weight excluding hydrogens is 374 g/mol. The van der Waals surface area contributed by atoms with Crippen LogP contribution in [0.5, 0.6) is 0 Å². The lowest BCUT2D eigenvalue weighted by Crippen LogP contribution is -2.55. The maximum absolute atomic E-state index is 12.9. The summed E-state index contributed by atoms with van der Waals surface area (Å²) < 4.78 is 1.49. The van der Waals surface area contributed by atoms with E-state index in [1.807, 2.05) is 18.3 Å². The molecule has 0 aromatic carbocycles. The van der Waals surface area contributed by atoms with E-state index in [-0.39, 0.29) is 11.9 Å². The third kappa shape index (κ3) is 3.53. The first-order valence-electron chi connectivity index (χ1n) is 9.67. The Morgan fingerprint density at radius 1 is 1.21 bits per heavy atom. The van der Waals surface area contributed by atoms with E-state index in [1.54, 1.807) is 13.2 Å². The number of rotatable bonds is 3. The van der Waals surface area contributed by atoms with Crippen LogP contribution < -0.4 is 0 Å². The second-order valence-corrected chi connectivity index (χ2v) is 8.43. The van der Waals surface area contributed by atoms with Gasteiger partial charge in [0.25, 0.3) is 5.84 Å². The van der Waals surface area contributed by atoms with Gasteiger partial charge in [-0.1, -0.05) is 30.3 Å². The molecule has 4 rings (SSSR count). The van der Waals surface area contributed by atoms with Crippen LogP contribution in [-0.4, -0.2) is 57.2 Å². The van der Waals surface area contributed by atoms with E-state index in [0.29, 0.717) is 17.5 Å². The summed E-state index contributed by atoms with van der Waals surface area (Å²) in [5.41, 5.74) is 1.07. The number of aliphatic imine (C=N–C) groups is 2. The third-order valence-electron chi connectivity index (χ3n) is 5.53. The summed E-state index contributed by atoms with van der Waals surface area (Å²) in [6.45, 7) is 0. The highest BCUT2D eigenvalue weighted by atomic mass is 32.2. The minimum absolute atomic E-state index is 0.262. The molecule has 3 aliphatic rings. The first-order chi connectivity index (χ1) is 13.6. The van der Waals surface area contributed by atoms with Gasteiger partial charge in [-0.05, 0) is 24.5 Å². The van der Waals surface area contributed by atoms with Crippen LogP contribution in [0.1, 0.15) is 37.7 Å². The smallest absolute Gasteiger partial charge is 0.264 e. The third-order valence-corrected chi connectivity index (χ3v) is 6.63. The van der Waals surface area contributed by atoms with Gasteiger partial charge in [-0.2, -0.15) is 9.48 Å². The van der Waals surface area contributed by atoms with Gasteiger partial charge in [0.2, 0.25) is 5.84 Å². The number of thioether (sulfide) groups is 1. The number of amidine groups is 2. The SMILES string of the molecule is CN1C(=O)C2C(SCc3cccnc3)=NC(C3CCCCC3)=NC2=[N+](C)C1=O. The van der Waals surface area contributed by atoms with Gasteiger partial charge in [-0.25, -0.2) is 9.79 Å². The minimum atomic E-state index is -0.610. The molecule has 1 fully saturated rings. The Hall–Kier alpha value is -2.35. The number of pyridine rings is 1. The van der Waals surface area contributed by atoms with Crippen molar-refractivity contribution in [2.24, 2.45) is 21.8 Å². The Balaban J connectivity index is 1.70. The first kappa shape index (κ1) is 19.0. The zero-order valence-electron chi connectivity index (χ0n) is 16.2. The van der Waals surface area contributed by atoms with E-state index >= 15 is 0 Å². The lowest BCUT2D eigenvalue weighted by Gasteiger charge is -2.28. The van der Waals surface area contributed by atoms with Crippen molar-refractivity contribution in [3.8, 4) is 0 Å². The van der Waals surface area contributed by atoms with Gasteiger partial charge in [0.05, 0.1) is 14.1 Å². The number of amides is 3. The predicted molar refractivity (Wildman–Crippen MR) is 110 cm³/mol. The minimum Gasteiger partial charge on any atom is -0.264 e. The van der Waals surface area contributed by atoms with Gasteiger partial charge >= 0.3 is 11.9 Å². The largest absolute Gasteiger partial charge is 0.445 e. The van der Waals surface area contributed by atoms with Crippen molar-refractivity contribution in [3.05, 3.63) is 30.1 Å². The molecule has 0 saturated heterocycles. The zero-order valence-corrected chi connectivity index (χ0v) is 17.0. The molecule has 1 saturated carbocycles. The molecule has 8 heteroatoms. The summed E-state index contributed by atoms with van der Waals surface area (Å²) in [4.78, 5) is 40.2. The van der Waals surface area contributed by atoms with Crippen LogP contribution in [0.3, 0.4) is 0 Å². The van der Waals surface area contributed by atoms with Crippen molar-refractivity contribution in [2.45, 2.75) is 37.9 Å². The molecule has 0 spiro atoms. The number of nitrogens with zero attached hydrogens (tertiary/aromatic N) is 5. The normalized spacial score (nSPS) is 23.5. The molecule has 0 N–H and O–H groups in total. The molecular formula is C20H24N5O2S+. The second kappa shape index (κ2) is 7.95. The average molecular weight is 399 g/mol. The molecule has 3 heterocycles. The maximum Gasteiger partial charge on any atom is 0.445 e. The van der Waals surface area contributed by atoms with Gasteiger partial charge in [0, 0.05) is 24.1 Å². The fraction of sp³-hybridized carbons (Fsp3) is 0.500. The van der Waals surface area contributed by atoms with Crippen molar-refractivity contribution in [1.82, 2.24) is 9.88 Å². The van der Waals surface area contributed by atoms with Gasteiger partial charge < -0.3 is 0 Å². The Bertz CT molecular complexity index is 887. The van der Waals surface area contributed by atoms with E-state index in [9.17, 15) is 9.59 Å². The molecule has 3 amide bonds. The fourth-order valence-electron chi connectivity index (χ4n) is 3.89. The highest BCUT2D eigenvalue weighted by Crippen LogP contribution is 2.32. The van der Waals surface area contributed by atoms with Gasteiger partial charge in [-0.3, -0.25) is 9.78 Å². The van der Waals surface area contributed by atoms with E-state index in [1.165, 1.54) is 42.6 Å². The lowest BCUT2D eigenvalue weighted by atomic mass is 9.88. The Kier molecular flexibility index (Phi) is 5.39. The number of carbonyl (C=O) groups is 2. The van der Waals surface area contributed by atoms with Gasteiger partial charge in [0.1, 0.15) is 5.04 Å². The Morgan fingerprint density at radius 2 is 2.00 bits per heavy atom. The van der Waals surface area contributed by atoms with E-state index < -0.39 is 5.92 Å². The monoisotopic (exact) mass is 398 g/mol. The number of hydrogen-bond acceptors (Lipinski definition) is 6. The van der Waals surface area contributed by atoms with E-state index in [0.717, 1.165) is 34.2 Å². The summed E-state index contributed by atoms with van der Waals surface area (Å²) in [5.74, 6) is 1.38. The van der Waals surface area contributed by atoms with Crippen molar-refractivity contribution >= 4 is 40.4 Å². The van der Waals surface area contributed by atoms with Crippen LogP contribution in [0, 0.1) is 11.8 Å². The molecule has 146 valence electrons. The summed E-state index contributed by atoms with van der Waals surface area (Å²) in [7, 11) is 3.20. The van der Waals surface area contributed by atoms with Crippen LogP contribution in [0.2, 0.25) is 0 Å². The number of carbonyl (C=O) groups excluding carboxylic acids is 2. The van der Waals surface area contributed by atoms with Crippen LogP contribution in [0.25, 0.3) is 0 Å². The standard InChI is InChI=1S/C20H24N5O2S/c1-24-17-15(19(26)25(2)20(24)27)18(28-12-13-7-6-10-21-11-13)23-16(22-17)14-8-4-3-5-9-14/h6-7,10-11,14-15H,3-5,8-9,12H2,1-2H3/q+1. The molecule has 1 aromatic heterocycles. The van der Waals surface area contributed by atoms with Crippen LogP contribution >= 0.6 is 11.8 Å². The predicted octanol–water partition coefficient (Wildman–Crippen LogP) is 2.95. The van der Waals surface area contributed by atoms with Crippen LogP contribution in [0.4, 0.5) is 4.79 Å². The highest BCUT2D eigenvalue weighted by molar-refractivity contribution is 8.13. The number of aromatic nitrogens is 1. The fourth-order valence-corrected chi connectivity index (χ4v) is 4.91. The summed E-state index contributed by atoms with van der Waals surface area (Å²) in [5, 5.41) is 0.727. The van der Waals surface area contributed by atoms with Crippen molar-refractivity contribution < 1.29 is 14.2 Å². The molecule has 1 atom stereocenters. The number of fused-ring (bicyclic) bond motifs is 1. The van der Waals surface area contributed by atoms with Crippen LogP contribution in [-0.2, 0) is 10.5 Å². The number of hydrogen-bond donors (Lipinski definition) is 0. The lowest BCUT2D eigenvalue weighted by molar-refractivity contribution is -0.407. The molecule has 1 aromatic rings. The average Bonchev–Trinajstić information content (AvgIpc) is 2.75. The molecule has 28 heavy (non-hydrogen) atoms. The van der Waals surface area contributed by atoms with Gasteiger partial charge in [-0.15, -0.1) is 11.8 Å². The molecule has 0 radical (unpaired) electrons. The van der Waals surface area contributed by atoms with Crippen molar-refractivity contribution in [3.63, 3.8) is 0 Å². The van der Waals surface area contributed by atoms with Crippen molar-refractivity contribution in [1.29, 1.82) is 0 Å².